The number of hydrogen-bond donors (Lipinski definition) is 2. The number of aliphatic hydroxyl groups is 1. The van der Waals surface area contributed by atoms with Crippen molar-refractivity contribution in [3.05, 3.63) is 0 Å². The second-order valence-corrected chi connectivity index (χ2v) is 5.04. The van der Waals surface area contributed by atoms with Crippen LogP contribution in [0.1, 0.15) is 19.8 Å². The molecular weight excluding hydrogens is 232 g/mol. The first-order valence-corrected chi connectivity index (χ1v) is 6.93. The molecule has 0 aromatic heterocycles. The molecule has 0 aliphatic carbocycles. The molecule has 0 aromatic rings. The van der Waals surface area contributed by atoms with Crippen LogP contribution < -0.4 is 5.32 Å². The second kappa shape index (κ2) is 9.69. The fraction of sp³-hybridized carbons (Fsp3) is 1.00. The maximum absolute atomic E-state index is 9.72. The molecule has 5 nitrogen and oxygen atoms in total. The van der Waals surface area contributed by atoms with Gasteiger partial charge in [-0.1, -0.05) is 0 Å². The Morgan fingerprint density at radius 2 is 2.00 bits per heavy atom. The van der Waals surface area contributed by atoms with E-state index in [9.17, 15) is 5.11 Å². The highest BCUT2D eigenvalue weighted by Crippen LogP contribution is 2.07. The van der Waals surface area contributed by atoms with E-state index in [4.69, 9.17) is 9.47 Å². The molecule has 1 aliphatic rings. The summed E-state index contributed by atoms with van der Waals surface area (Å²) in [6, 6.07) is 0.414. The summed E-state index contributed by atoms with van der Waals surface area (Å²) in [6.07, 6.45) is 2.20. The predicted molar refractivity (Wildman–Crippen MR) is 71.8 cm³/mol. The maximum Gasteiger partial charge on any atom is 0.0897 e. The third-order valence-corrected chi connectivity index (χ3v) is 3.17. The number of likely N-dealkylation sites (tertiary alicyclic amines) is 1. The first-order valence-electron chi connectivity index (χ1n) is 6.93. The zero-order valence-corrected chi connectivity index (χ0v) is 11.7. The molecule has 1 fully saturated rings. The van der Waals surface area contributed by atoms with E-state index >= 15 is 0 Å². The molecule has 0 spiro atoms. The minimum atomic E-state index is -0.442. The van der Waals surface area contributed by atoms with Crippen LogP contribution in [0.4, 0.5) is 0 Å². The molecule has 18 heavy (non-hydrogen) atoms. The minimum Gasteiger partial charge on any atom is -0.389 e. The zero-order valence-electron chi connectivity index (χ0n) is 11.7. The monoisotopic (exact) mass is 260 g/mol. The van der Waals surface area contributed by atoms with Gasteiger partial charge in [-0.05, 0) is 32.9 Å². The average Bonchev–Trinajstić information content (AvgIpc) is 2.85. The molecule has 0 aromatic carbocycles. The molecule has 0 radical (unpaired) electrons. The highest BCUT2D eigenvalue weighted by Gasteiger charge is 2.15. The van der Waals surface area contributed by atoms with E-state index in [0.29, 0.717) is 32.4 Å². The molecule has 2 unspecified atom stereocenters. The fourth-order valence-corrected chi connectivity index (χ4v) is 2.17. The van der Waals surface area contributed by atoms with E-state index in [1.807, 2.05) is 0 Å². The topological polar surface area (TPSA) is 54.0 Å². The van der Waals surface area contributed by atoms with Crippen molar-refractivity contribution in [2.75, 3.05) is 53.1 Å². The van der Waals surface area contributed by atoms with E-state index in [0.717, 1.165) is 6.54 Å². The third-order valence-electron chi connectivity index (χ3n) is 3.17. The van der Waals surface area contributed by atoms with Gasteiger partial charge in [-0.15, -0.1) is 0 Å². The number of aliphatic hydroxyl groups excluding tert-OH is 1. The maximum atomic E-state index is 9.72. The summed E-state index contributed by atoms with van der Waals surface area (Å²) in [5.74, 6) is 0. The Morgan fingerprint density at radius 3 is 2.67 bits per heavy atom. The second-order valence-electron chi connectivity index (χ2n) is 5.04. The number of nitrogens with zero attached hydrogens (tertiary/aromatic N) is 1. The summed E-state index contributed by atoms with van der Waals surface area (Å²) in [7, 11) is 1.64. The van der Waals surface area contributed by atoms with Crippen LogP contribution in [0.25, 0.3) is 0 Å². The molecule has 1 heterocycles. The van der Waals surface area contributed by atoms with Gasteiger partial charge in [0.25, 0.3) is 0 Å². The fourth-order valence-electron chi connectivity index (χ4n) is 2.17. The van der Waals surface area contributed by atoms with Gasteiger partial charge in [0.2, 0.25) is 0 Å². The normalized spacial score (nSPS) is 20.2. The SMILES string of the molecule is COCCOCC(O)CNC(C)CN1CCCC1. The van der Waals surface area contributed by atoms with E-state index in [1.165, 1.54) is 25.9 Å². The molecule has 0 bridgehead atoms. The standard InChI is InChI=1S/C13H28N2O3/c1-12(10-15-5-3-4-6-15)14-9-13(16)11-18-8-7-17-2/h12-14,16H,3-11H2,1-2H3. The Kier molecular flexibility index (Phi) is 8.54. The van der Waals surface area contributed by atoms with Gasteiger partial charge in [0, 0.05) is 26.2 Å². The van der Waals surface area contributed by atoms with Crippen molar-refractivity contribution in [2.24, 2.45) is 0 Å². The predicted octanol–water partition coefficient (Wildman–Crippen LogP) is 0.0842. The average molecular weight is 260 g/mol. The lowest BCUT2D eigenvalue weighted by Crippen LogP contribution is -2.42. The van der Waals surface area contributed by atoms with Crippen LogP contribution in [0.15, 0.2) is 0 Å². The van der Waals surface area contributed by atoms with Gasteiger partial charge in [0.15, 0.2) is 0 Å². The lowest BCUT2D eigenvalue weighted by Gasteiger charge is -2.22. The summed E-state index contributed by atoms with van der Waals surface area (Å²) >= 11 is 0. The van der Waals surface area contributed by atoms with Crippen molar-refractivity contribution in [3.63, 3.8) is 0 Å². The molecule has 108 valence electrons. The van der Waals surface area contributed by atoms with Crippen LogP contribution in [0.5, 0.6) is 0 Å². The lowest BCUT2D eigenvalue weighted by molar-refractivity contribution is 0.0128. The van der Waals surface area contributed by atoms with Crippen LogP contribution in [0, 0.1) is 0 Å². The highest BCUT2D eigenvalue weighted by molar-refractivity contribution is 4.73. The highest BCUT2D eigenvalue weighted by atomic mass is 16.5. The molecule has 2 atom stereocenters. The van der Waals surface area contributed by atoms with Gasteiger partial charge in [0.05, 0.1) is 25.9 Å². The Bertz CT molecular complexity index is 199. The number of rotatable bonds is 10. The summed E-state index contributed by atoms with van der Waals surface area (Å²) in [4.78, 5) is 2.47. The first-order chi connectivity index (χ1) is 8.72. The van der Waals surface area contributed by atoms with Gasteiger partial charge in [0.1, 0.15) is 0 Å². The number of nitrogens with one attached hydrogen (secondary N) is 1. The van der Waals surface area contributed by atoms with Crippen LogP contribution in [0.2, 0.25) is 0 Å². The Labute approximate surface area is 110 Å². The quantitative estimate of drug-likeness (QED) is 0.545. The molecular formula is C13H28N2O3. The largest absolute Gasteiger partial charge is 0.389 e. The number of hydrogen-bond acceptors (Lipinski definition) is 5. The summed E-state index contributed by atoms with van der Waals surface area (Å²) in [5, 5.41) is 13.1. The van der Waals surface area contributed by atoms with Crippen LogP contribution in [-0.2, 0) is 9.47 Å². The van der Waals surface area contributed by atoms with E-state index in [2.05, 4.69) is 17.1 Å². The van der Waals surface area contributed by atoms with Crippen molar-refractivity contribution in [3.8, 4) is 0 Å². The van der Waals surface area contributed by atoms with Crippen molar-refractivity contribution in [1.82, 2.24) is 10.2 Å². The molecule has 1 saturated heterocycles. The molecule has 2 N–H and O–H groups in total. The van der Waals surface area contributed by atoms with Crippen molar-refractivity contribution in [1.29, 1.82) is 0 Å². The van der Waals surface area contributed by atoms with Gasteiger partial charge in [-0.3, -0.25) is 0 Å². The smallest absolute Gasteiger partial charge is 0.0897 e. The van der Waals surface area contributed by atoms with Gasteiger partial charge < -0.3 is 24.8 Å². The molecule has 1 aliphatic heterocycles. The molecule has 1 rings (SSSR count). The molecule has 0 saturated carbocycles. The zero-order chi connectivity index (χ0) is 13.2. The van der Waals surface area contributed by atoms with Gasteiger partial charge in [-0.25, -0.2) is 0 Å². The van der Waals surface area contributed by atoms with Crippen molar-refractivity contribution in [2.45, 2.75) is 31.9 Å². The Morgan fingerprint density at radius 1 is 1.28 bits per heavy atom. The number of ether oxygens (including phenoxy) is 2. The summed E-state index contributed by atoms with van der Waals surface area (Å²) in [6.45, 7) is 7.73. The van der Waals surface area contributed by atoms with E-state index in [-0.39, 0.29) is 0 Å². The van der Waals surface area contributed by atoms with E-state index in [1.54, 1.807) is 7.11 Å². The summed E-state index contributed by atoms with van der Waals surface area (Å²) < 4.78 is 10.1. The third kappa shape index (κ3) is 7.28. The van der Waals surface area contributed by atoms with Crippen molar-refractivity contribution >= 4 is 0 Å². The first kappa shape index (κ1) is 15.9. The Hall–Kier alpha value is -0.200. The Balaban J connectivity index is 1.97. The number of methoxy groups -OCH3 is 1. The lowest BCUT2D eigenvalue weighted by atomic mass is 10.3. The van der Waals surface area contributed by atoms with Crippen LogP contribution in [0.3, 0.4) is 0 Å². The van der Waals surface area contributed by atoms with Crippen LogP contribution >= 0.6 is 0 Å². The van der Waals surface area contributed by atoms with Crippen molar-refractivity contribution < 1.29 is 14.6 Å². The van der Waals surface area contributed by atoms with Gasteiger partial charge in [-0.2, -0.15) is 0 Å². The van der Waals surface area contributed by atoms with Crippen LogP contribution in [-0.4, -0.2) is 75.3 Å². The molecule has 5 heteroatoms. The van der Waals surface area contributed by atoms with Gasteiger partial charge >= 0.3 is 0 Å². The minimum absolute atomic E-state index is 0.368. The summed E-state index contributed by atoms with van der Waals surface area (Å²) in [5.41, 5.74) is 0. The molecule has 0 amide bonds. The van der Waals surface area contributed by atoms with E-state index < -0.39 is 6.10 Å².